The molecule has 1 saturated heterocycles. The third-order valence-electron chi connectivity index (χ3n) is 6.90. The summed E-state index contributed by atoms with van der Waals surface area (Å²) in [6, 6.07) is 5.13. The number of aromatic hydroxyl groups is 1. The Balaban J connectivity index is 1.59. The van der Waals surface area contributed by atoms with Gasteiger partial charge in [-0.05, 0) is 36.6 Å². The van der Waals surface area contributed by atoms with Gasteiger partial charge in [0, 0.05) is 11.8 Å². The average Bonchev–Trinajstić information content (AvgIpc) is 3.13. The molecule has 0 bridgehead atoms. The molecule has 1 aromatic carbocycles. The first-order valence-electron chi connectivity index (χ1n) is 11.2. The lowest BCUT2D eigenvalue weighted by molar-refractivity contribution is -0.341. The molecule has 0 unspecified atom stereocenters. The number of hydrogen-bond donors (Lipinski definition) is 6. The fourth-order valence-corrected chi connectivity index (χ4v) is 4.89. The number of carboxylic acid groups (broad SMARTS) is 1. The van der Waals surface area contributed by atoms with Crippen LogP contribution in [-0.4, -0.2) is 92.3 Å². The lowest BCUT2D eigenvalue weighted by Crippen LogP contribution is -2.61. The lowest BCUT2D eigenvalue weighted by atomic mass is 9.83. The van der Waals surface area contributed by atoms with E-state index in [2.05, 4.69) is 0 Å². The highest BCUT2D eigenvalue weighted by atomic mass is 16.8. The topological polar surface area (TPSA) is 192 Å². The molecule has 35 heavy (non-hydrogen) atoms. The van der Waals surface area contributed by atoms with Gasteiger partial charge >= 0.3 is 11.9 Å². The zero-order valence-corrected chi connectivity index (χ0v) is 18.7. The monoisotopic (exact) mass is 496 g/mol. The second kappa shape index (κ2) is 10.1. The van der Waals surface area contributed by atoms with Crippen molar-refractivity contribution in [1.29, 1.82) is 0 Å². The molecule has 10 atom stereocenters. The van der Waals surface area contributed by atoms with Crippen molar-refractivity contribution in [1.82, 2.24) is 0 Å². The predicted octanol–water partition coefficient (Wildman–Crippen LogP) is -0.669. The molecule has 0 amide bonds. The number of phenols is 1. The van der Waals surface area contributed by atoms with Gasteiger partial charge in [0.25, 0.3) is 0 Å². The number of carboxylic acids is 1. The van der Waals surface area contributed by atoms with Gasteiger partial charge in [0.15, 0.2) is 6.10 Å². The Morgan fingerprint density at radius 1 is 1.09 bits per heavy atom. The first-order valence-corrected chi connectivity index (χ1v) is 11.2. The maximum Gasteiger partial charge on any atom is 0.338 e. The van der Waals surface area contributed by atoms with Gasteiger partial charge in [0.2, 0.25) is 12.6 Å². The van der Waals surface area contributed by atoms with E-state index in [9.17, 15) is 40.2 Å². The molecule has 0 spiro atoms. The van der Waals surface area contributed by atoms with E-state index in [1.165, 1.54) is 24.3 Å². The van der Waals surface area contributed by atoms with Crippen molar-refractivity contribution in [2.45, 2.75) is 56.4 Å². The van der Waals surface area contributed by atoms with Crippen LogP contribution in [0.5, 0.6) is 5.75 Å². The number of phenolic OH excluding ortho intramolecular Hbond substituents is 1. The summed E-state index contributed by atoms with van der Waals surface area (Å²) >= 11 is 0. The number of hydrogen-bond acceptors (Lipinski definition) is 11. The molecule has 0 aromatic heterocycles. The number of rotatable bonds is 6. The van der Waals surface area contributed by atoms with E-state index in [1.807, 2.05) is 0 Å². The van der Waals surface area contributed by atoms with Crippen molar-refractivity contribution >= 4 is 11.9 Å². The van der Waals surface area contributed by atoms with Gasteiger partial charge in [-0.3, -0.25) is 0 Å². The van der Waals surface area contributed by atoms with Crippen LogP contribution < -0.4 is 0 Å². The number of ether oxygens (including phenoxy) is 4. The van der Waals surface area contributed by atoms with E-state index < -0.39 is 79.4 Å². The number of aliphatic hydroxyl groups is 4. The Bertz CT molecular complexity index is 962. The molecule has 2 aliphatic heterocycles. The molecule has 192 valence electrons. The lowest BCUT2D eigenvalue weighted by Gasteiger charge is -2.44. The van der Waals surface area contributed by atoms with E-state index >= 15 is 0 Å². The van der Waals surface area contributed by atoms with Crippen LogP contribution in [0.2, 0.25) is 0 Å². The van der Waals surface area contributed by atoms with Crippen molar-refractivity contribution in [3.63, 3.8) is 0 Å². The Hall–Kier alpha value is -2.74. The molecule has 2 fully saturated rings. The molecular formula is C23H28O12. The second-order valence-corrected chi connectivity index (χ2v) is 8.99. The quantitative estimate of drug-likeness (QED) is 0.273. The standard InChI is InChI=1S/C23H28O12/c1-9-14(26)6-12-13(20(29)30)8-32-22(16(9)12)35-23-19(18(28)17(27)15(7-24)33-23)34-21(31)10-2-4-11(25)5-3-10/h2-5,8-9,12,14-19,22-28H,6-7H2,1H3,(H,29,30)/t9-,12-,14+,15-,16-,17-,18+,19-,22+,23+/m1/s1. The molecule has 0 radical (unpaired) electrons. The number of fused-ring (bicyclic) bond motifs is 1. The van der Waals surface area contributed by atoms with Crippen LogP contribution in [0.4, 0.5) is 0 Å². The predicted molar refractivity (Wildman–Crippen MR) is 114 cm³/mol. The number of carbonyl (C=O) groups excluding carboxylic acids is 1. The van der Waals surface area contributed by atoms with E-state index in [1.54, 1.807) is 6.92 Å². The number of esters is 1. The fourth-order valence-electron chi connectivity index (χ4n) is 4.89. The molecule has 6 N–H and O–H groups in total. The Morgan fingerprint density at radius 3 is 2.40 bits per heavy atom. The van der Waals surface area contributed by atoms with E-state index in [4.69, 9.17) is 18.9 Å². The van der Waals surface area contributed by atoms with Crippen LogP contribution in [0, 0.1) is 17.8 Å². The van der Waals surface area contributed by atoms with Gasteiger partial charge in [0.05, 0.1) is 30.1 Å². The molecule has 12 nitrogen and oxygen atoms in total. The van der Waals surface area contributed by atoms with Gasteiger partial charge < -0.3 is 49.6 Å². The zero-order chi connectivity index (χ0) is 25.4. The van der Waals surface area contributed by atoms with Crippen LogP contribution in [0.1, 0.15) is 23.7 Å². The normalized spacial score (nSPS) is 38.7. The fraction of sp³-hybridized carbons (Fsp3) is 0.565. The number of carbonyl (C=O) groups is 2. The Labute approximate surface area is 199 Å². The summed E-state index contributed by atoms with van der Waals surface area (Å²) < 4.78 is 22.4. The van der Waals surface area contributed by atoms with Crippen LogP contribution in [-0.2, 0) is 23.7 Å². The summed E-state index contributed by atoms with van der Waals surface area (Å²) in [7, 11) is 0. The van der Waals surface area contributed by atoms with Crippen molar-refractivity contribution in [3.8, 4) is 5.75 Å². The number of aliphatic hydroxyl groups excluding tert-OH is 4. The zero-order valence-electron chi connectivity index (χ0n) is 18.7. The molecule has 1 saturated carbocycles. The highest BCUT2D eigenvalue weighted by Gasteiger charge is 2.54. The first-order chi connectivity index (χ1) is 16.6. The molecule has 4 rings (SSSR count). The number of benzene rings is 1. The number of aliphatic carboxylic acids is 1. The third kappa shape index (κ3) is 4.85. The summed E-state index contributed by atoms with van der Waals surface area (Å²) in [5, 5.41) is 59.9. The minimum absolute atomic E-state index is 0.0122. The minimum atomic E-state index is -1.71. The summed E-state index contributed by atoms with van der Waals surface area (Å²) in [5.41, 5.74) is 0.0323. The van der Waals surface area contributed by atoms with Crippen molar-refractivity contribution in [2.24, 2.45) is 17.8 Å². The molecule has 1 aliphatic carbocycles. The van der Waals surface area contributed by atoms with Gasteiger partial charge in [-0.25, -0.2) is 9.59 Å². The van der Waals surface area contributed by atoms with E-state index in [0.29, 0.717) is 0 Å². The van der Waals surface area contributed by atoms with Crippen LogP contribution in [0.15, 0.2) is 36.1 Å². The average molecular weight is 496 g/mol. The maximum atomic E-state index is 12.7. The van der Waals surface area contributed by atoms with Crippen molar-refractivity contribution in [2.75, 3.05) is 6.61 Å². The Morgan fingerprint density at radius 2 is 1.77 bits per heavy atom. The Kier molecular flexibility index (Phi) is 7.31. The van der Waals surface area contributed by atoms with Gasteiger partial charge in [0.1, 0.15) is 24.1 Å². The van der Waals surface area contributed by atoms with Crippen LogP contribution in [0.3, 0.4) is 0 Å². The van der Waals surface area contributed by atoms with E-state index in [0.717, 1.165) is 6.26 Å². The molecular weight excluding hydrogens is 468 g/mol. The summed E-state index contributed by atoms with van der Waals surface area (Å²) in [6.07, 6.45) is -8.39. The van der Waals surface area contributed by atoms with Crippen molar-refractivity contribution in [3.05, 3.63) is 41.7 Å². The maximum absolute atomic E-state index is 12.7. The van der Waals surface area contributed by atoms with Gasteiger partial charge in [-0.2, -0.15) is 0 Å². The smallest absolute Gasteiger partial charge is 0.338 e. The highest BCUT2D eigenvalue weighted by molar-refractivity contribution is 5.89. The minimum Gasteiger partial charge on any atom is -0.508 e. The van der Waals surface area contributed by atoms with Gasteiger partial charge in [-0.1, -0.05) is 6.92 Å². The summed E-state index contributed by atoms with van der Waals surface area (Å²) in [6.45, 7) is 1.05. The van der Waals surface area contributed by atoms with Gasteiger partial charge in [-0.15, -0.1) is 0 Å². The summed E-state index contributed by atoms with van der Waals surface area (Å²) in [4.78, 5) is 24.3. The highest BCUT2D eigenvalue weighted by Crippen LogP contribution is 2.47. The molecule has 2 heterocycles. The van der Waals surface area contributed by atoms with Crippen molar-refractivity contribution < 1.29 is 59.2 Å². The first kappa shape index (κ1) is 25.4. The largest absolute Gasteiger partial charge is 0.508 e. The summed E-state index contributed by atoms with van der Waals surface area (Å²) in [5.74, 6) is -3.76. The van der Waals surface area contributed by atoms with E-state index in [-0.39, 0.29) is 23.3 Å². The second-order valence-electron chi connectivity index (χ2n) is 8.99. The molecule has 1 aromatic rings. The SMILES string of the molecule is C[C@H]1[C@H]2[C@H](O[C@@H]3O[C@H](CO)[C@@H](O)[C@H](O)[C@H]3OC(=O)c3ccc(O)cc3)OC=C(C(=O)O)[C@H]2C[C@@H]1O. The molecule has 12 heteroatoms. The van der Waals surface area contributed by atoms with Crippen LogP contribution in [0.25, 0.3) is 0 Å². The van der Waals surface area contributed by atoms with Crippen LogP contribution >= 0.6 is 0 Å². The molecule has 3 aliphatic rings. The third-order valence-corrected chi connectivity index (χ3v) is 6.90.